The number of anilines is 1. The second-order valence-corrected chi connectivity index (χ2v) is 12.8. The van der Waals surface area contributed by atoms with Crippen molar-refractivity contribution < 1.29 is 26.4 Å². The molecule has 1 fully saturated rings. The largest absolute Gasteiger partial charge is 0.379 e. The molecule has 0 unspecified atom stereocenters. The van der Waals surface area contributed by atoms with Crippen LogP contribution in [0.5, 0.6) is 0 Å². The molecule has 1 saturated heterocycles. The smallest absolute Gasteiger partial charge is 0.243 e. The van der Waals surface area contributed by atoms with E-state index >= 15 is 0 Å². The van der Waals surface area contributed by atoms with Gasteiger partial charge in [0.15, 0.2) is 0 Å². The van der Waals surface area contributed by atoms with E-state index in [1.165, 1.54) is 16.4 Å². The van der Waals surface area contributed by atoms with Gasteiger partial charge in [0.1, 0.15) is 5.82 Å². The summed E-state index contributed by atoms with van der Waals surface area (Å²) >= 11 is 0. The summed E-state index contributed by atoms with van der Waals surface area (Å²) in [6.07, 6.45) is 2.04. The van der Waals surface area contributed by atoms with Crippen LogP contribution in [0.1, 0.15) is 32.0 Å². The van der Waals surface area contributed by atoms with Crippen molar-refractivity contribution in [1.82, 2.24) is 18.6 Å². The molecule has 38 heavy (non-hydrogen) atoms. The van der Waals surface area contributed by atoms with Crippen molar-refractivity contribution in [2.24, 2.45) is 7.05 Å². The molecular weight excluding hydrogens is 530 g/mol. The van der Waals surface area contributed by atoms with E-state index in [0.29, 0.717) is 56.3 Å². The summed E-state index contributed by atoms with van der Waals surface area (Å²) in [4.78, 5) is 17.5. The first-order valence-electron chi connectivity index (χ1n) is 12.5. The molecule has 206 valence electrons. The molecule has 13 heteroatoms. The number of sulfonamides is 2. The normalized spacial score (nSPS) is 15.1. The van der Waals surface area contributed by atoms with Gasteiger partial charge in [0, 0.05) is 45.2 Å². The average Bonchev–Trinajstić information content (AvgIpc) is 3.23. The highest BCUT2D eigenvalue weighted by atomic mass is 32.2. The molecule has 2 heterocycles. The van der Waals surface area contributed by atoms with Gasteiger partial charge in [-0.3, -0.25) is 4.79 Å². The predicted octanol–water partition coefficient (Wildman–Crippen LogP) is 2.24. The minimum absolute atomic E-state index is 0.0876. The third-order valence-electron chi connectivity index (χ3n) is 6.38. The Hall–Kier alpha value is -2.84. The highest BCUT2D eigenvalue weighted by Crippen LogP contribution is 2.24. The summed E-state index contributed by atoms with van der Waals surface area (Å²) < 4.78 is 62.0. The first kappa shape index (κ1) is 28.2. The maximum atomic E-state index is 13.0. The molecule has 0 spiro atoms. The number of amides is 1. The van der Waals surface area contributed by atoms with Gasteiger partial charge >= 0.3 is 0 Å². The van der Waals surface area contributed by atoms with Gasteiger partial charge < -0.3 is 14.6 Å². The molecule has 4 rings (SSSR count). The molecule has 2 aromatic carbocycles. The second-order valence-electron chi connectivity index (χ2n) is 9.08. The van der Waals surface area contributed by atoms with Gasteiger partial charge in [-0.2, -0.15) is 4.31 Å². The van der Waals surface area contributed by atoms with Crippen LogP contribution in [0.2, 0.25) is 0 Å². The first-order valence-corrected chi connectivity index (χ1v) is 15.5. The number of hydrogen-bond acceptors (Lipinski definition) is 7. The van der Waals surface area contributed by atoms with Crippen LogP contribution in [0.4, 0.5) is 5.69 Å². The first-order chi connectivity index (χ1) is 18.1. The van der Waals surface area contributed by atoms with Crippen LogP contribution < -0.4 is 10.0 Å². The highest BCUT2D eigenvalue weighted by molar-refractivity contribution is 7.89. The van der Waals surface area contributed by atoms with Crippen LogP contribution in [0.3, 0.4) is 0 Å². The summed E-state index contributed by atoms with van der Waals surface area (Å²) in [5.41, 5.74) is 1.68. The summed E-state index contributed by atoms with van der Waals surface area (Å²) in [7, 11) is -5.48. The number of unbranched alkanes of at least 4 members (excludes halogenated alkanes) is 1. The summed E-state index contributed by atoms with van der Waals surface area (Å²) in [6.45, 7) is 3.70. The number of morpholine rings is 1. The molecule has 0 aliphatic carbocycles. The lowest BCUT2D eigenvalue weighted by atomic mass is 10.2. The number of fused-ring (bicyclic) bond motifs is 1. The number of nitrogens with one attached hydrogen (secondary N) is 2. The standard InChI is InChI=1S/C25H33N5O6S2/c1-3-4-12-26-37(32,33)20-7-5-6-19(17-20)27-25(31)11-10-24-28-22-18-21(8-9-23(22)29(24)2)38(34,35)30-13-15-36-16-14-30/h5-9,17-18,26H,3-4,10-16H2,1-2H3,(H,27,31). The molecule has 2 N–H and O–H groups in total. The van der Waals surface area contributed by atoms with Crippen molar-refractivity contribution in [1.29, 1.82) is 0 Å². The predicted molar refractivity (Wildman–Crippen MR) is 144 cm³/mol. The number of imidazole rings is 1. The Morgan fingerprint density at radius 2 is 1.82 bits per heavy atom. The number of hydrogen-bond donors (Lipinski definition) is 2. The minimum atomic E-state index is -3.65. The number of aryl methyl sites for hydroxylation is 2. The maximum Gasteiger partial charge on any atom is 0.243 e. The van der Waals surface area contributed by atoms with Crippen LogP contribution in [-0.2, 0) is 43.0 Å². The summed E-state index contributed by atoms with van der Waals surface area (Å²) in [6, 6.07) is 11.0. The molecule has 0 atom stereocenters. The summed E-state index contributed by atoms with van der Waals surface area (Å²) in [5.74, 6) is 0.341. The fourth-order valence-electron chi connectivity index (χ4n) is 4.21. The lowest BCUT2D eigenvalue weighted by molar-refractivity contribution is -0.116. The van der Waals surface area contributed by atoms with Gasteiger partial charge in [-0.05, 0) is 42.8 Å². The molecule has 1 aromatic heterocycles. The SMILES string of the molecule is CCCCNS(=O)(=O)c1cccc(NC(=O)CCc2nc3cc(S(=O)(=O)N4CCOCC4)ccc3n2C)c1. The number of nitrogens with zero attached hydrogens (tertiary/aromatic N) is 3. The highest BCUT2D eigenvalue weighted by Gasteiger charge is 2.27. The van der Waals surface area contributed by atoms with Crippen molar-refractivity contribution in [3.63, 3.8) is 0 Å². The van der Waals surface area contributed by atoms with E-state index in [-0.39, 0.29) is 22.1 Å². The van der Waals surface area contributed by atoms with Gasteiger partial charge in [-0.25, -0.2) is 26.5 Å². The number of rotatable bonds is 11. The monoisotopic (exact) mass is 563 g/mol. The van der Waals surface area contributed by atoms with E-state index in [1.807, 2.05) is 18.5 Å². The Morgan fingerprint density at radius 1 is 1.05 bits per heavy atom. The lowest BCUT2D eigenvalue weighted by Gasteiger charge is -2.26. The van der Waals surface area contributed by atoms with Crippen molar-refractivity contribution >= 4 is 42.7 Å². The van der Waals surface area contributed by atoms with E-state index in [1.54, 1.807) is 30.3 Å². The Bertz CT molecular complexity index is 1510. The Balaban J connectivity index is 1.42. The van der Waals surface area contributed by atoms with E-state index in [4.69, 9.17) is 4.74 Å². The zero-order valence-corrected chi connectivity index (χ0v) is 23.1. The third-order valence-corrected chi connectivity index (χ3v) is 9.73. The fraction of sp³-hybridized carbons (Fsp3) is 0.440. The third kappa shape index (κ3) is 6.41. The number of aromatic nitrogens is 2. The Labute approximate surface area is 223 Å². The molecule has 1 aliphatic rings. The van der Waals surface area contributed by atoms with Crippen molar-refractivity contribution in [2.75, 3.05) is 38.2 Å². The lowest BCUT2D eigenvalue weighted by Crippen LogP contribution is -2.40. The zero-order valence-electron chi connectivity index (χ0n) is 21.5. The fourth-order valence-corrected chi connectivity index (χ4v) is 6.75. The second kappa shape index (κ2) is 11.9. The van der Waals surface area contributed by atoms with Crippen LogP contribution in [0.15, 0.2) is 52.3 Å². The van der Waals surface area contributed by atoms with E-state index in [0.717, 1.165) is 18.4 Å². The van der Waals surface area contributed by atoms with Crippen molar-refractivity contribution in [3.8, 4) is 0 Å². The molecule has 0 radical (unpaired) electrons. The summed E-state index contributed by atoms with van der Waals surface area (Å²) in [5, 5.41) is 2.75. The van der Waals surface area contributed by atoms with E-state index in [2.05, 4.69) is 15.0 Å². The Morgan fingerprint density at radius 3 is 2.55 bits per heavy atom. The topological polar surface area (TPSA) is 140 Å². The van der Waals surface area contributed by atoms with Gasteiger partial charge in [-0.1, -0.05) is 19.4 Å². The molecule has 3 aromatic rings. The van der Waals surface area contributed by atoms with Crippen molar-refractivity contribution in [3.05, 3.63) is 48.3 Å². The van der Waals surface area contributed by atoms with Crippen molar-refractivity contribution in [2.45, 2.75) is 42.4 Å². The zero-order chi connectivity index (χ0) is 27.3. The van der Waals surface area contributed by atoms with Crippen LogP contribution in [-0.4, -0.2) is 69.4 Å². The average molecular weight is 564 g/mol. The molecule has 1 amide bonds. The van der Waals surface area contributed by atoms with E-state index in [9.17, 15) is 21.6 Å². The number of ether oxygens (including phenoxy) is 1. The molecule has 11 nitrogen and oxygen atoms in total. The molecule has 0 bridgehead atoms. The van der Waals surface area contributed by atoms with Gasteiger partial charge in [-0.15, -0.1) is 0 Å². The van der Waals surface area contributed by atoms with Crippen LogP contribution >= 0.6 is 0 Å². The molecule has 1 aliphatic heterocycles. The molecular formula is C25H33N5O6S2. The number of carbonyl (C=O) groups excluding carboxylic acids is 1. The quantitative estimate of drug-likeness (QED) is 0.341. The Kier molecular flexibility index (Phi) is 8.83. The minimum Gasteiger partial charge on any atom is -0.379 e. The van der Waals surface area contributed by atoms with Gasteiger partial charge in [0.05, 0.1) is 34.0 Å². The van der Waals surface area contributed by atoms with Gasteiger partial charge in [0.25, 0.3) is 0 Å². The van der Waals surface area contributed by atoms with E-state index < -0.39 is 20.0 Å². The van der Waals surface area contributed by atoms with Crippen LogP contribution in [0, 0.1) is 0 Å². The molecule has 0 saturated carbocycles. The number of carbonyl (C=O) groups is 1. The van der Waals surface area contributed by atoms with Gasteiger partial charge in [0.2, 0.25) is 26.0 Å². The number of benzene rings is 2. The van der Waals surface area contributed by atoms with Crippen LogP contribution in [0.25, 0.3) is 11.0 Å². The maximum absolute atomic E-state index is 13.0.